The van der Waals surface area contributed by atoms with Crippen LogP contribution >= 0.6 is 0 Å². The highest BCUT2D eigenvalue weighted by atomic mass is 16.3. The van der Waals surface area contributed by atoms with Gasteiger partial charge in [-0.15, -0.1) is 0 Å². The molecule has 0 aliphatic heterocycles. The van der Waals surface area contributed by atoms with Crippen LogP contribution in [0.3, 0.4) is 0 Å². The second kappa shape index (κ2) is 5.68. The van der Waals surface area contributed by atoms with Gasteiger partial charge in [-0.2, -0.15) is 10.4 Å². The van der Waals surface area contributed by atoms with Crippen molar-refractivity contribution in [3.05, 3.63) is 52.8 Å². The van der Waals surface area contributed by atoms with Crippen LogP contribution in [-0.2, 0) is 6.54 Å². The Bertz CT molecular complexity index is 596. The Hall–Kier alpha value is -2.12. The van der Waals surface area contributed by atoms with Gasteiger partial charge in [0.2, 0.25) is 0 Å². The topological polar surface area (TPSA) is 61.8 Å². The molecular formula is C15H17N3O. The highest BCUT2D eigenvalue weighted by molar-refractivity contribution is 5.28. The molecule has 2 rings (SSSR count). The molecule has 4 nitrogen and oxygen atoms in total. The number of aliphatic hydroxyl groups is 1. The molecule has 1 atom stereocenters. The zero-order chi connectivity index (χ0) is 13.8. The van der Waals surface area contributed by atoms with Crippen molar-refractivity contribution in [2.75, 3.05) is 0 Å². The van der Waals surface area contributed by atoms with Gasteiger partial charge in [-0.05, 0) is 19.4 Å². The monoisotopic (exact) mass is 255 g/mol. The second-order valence-corrected chi connectivity index (χ2v) is 4.61. The first-order chi connectivity index (χ1) is 9.13. The van der Waals surface area contributed by atoms with Crippen molar-refractivity contribution in [2.45, 2.75) is 32.9 Å². The number of nitriles is 1. The predicted molar refractivity (Wildman–Crippen MR) is 72.4 cm³/mol. The molecule has 0 spiro atoms. The molecule has 2 aromatic rings. The summed E-state index contributed by atoms with van der Waals surface area (Å²) in [6.45, 7) is 4.47. The van der Waals surface area contributed by atoms with Gasteiger partial charge in [-0.25, -0.2) is 0 Å². The number of benzene rings is 1. The Morgan fingerprint density at radius 1 is 1.32 bits per heavy atom. The zero-order valence-electron chi connectivity index (χ0n) is 11.2. The summed E-state index contributed by atoms with van der Waals surface area (Å²) in [5, 5.41) is 23.1. The highest BCUT2D eigenvalue weighted by Gasteiger charge is 2.18. The molecular weight excluding hydrogens is 238 g/mol. The number of aryl methyl sites for hydroxylation is 1. The summed E-state index contributed by atoms with van der Waals surface area (Å²) in [5.41, 5.74) is 3.65. The van der Waals surface area contributed by atoms with Crippen molar-refractivity contribution in [1.82, 2.24) is 9.78 Å². The third kappa shape index (κ3) is 2.83. The van der Waals surface area contributed by atoms with E-state index in [0.29, 0.717) is 6.54 Å². The highest BCUT2D eigenvalue weighted by Crippen LogP contribution is 2.24. The van der Waals surface area contributed by atoms with Gasteiger partial charge in [-0.3, -0.25) is 4.68 Å². The number of nitrogens with zero attached hydrogens (tertiary/aromatic N) is 3. The van der Waals surface area contributed by atoms with Crippen LogP contribution in [-0.4, -0.2) is 14.9 Å². The van der Waals surface area contributed by atoms with E-state index >= 15 is 0 Å². The fourth-order valence-electron chi connectivity index (χ4n) is 2.29. The maximum Gasteiger partial charge on any atom is 0.0955 e. The molecule has 1 N–H and O–H groups in total. The SMILES string of the molecule is Cc1nn(Cc2ccccc2)c(C)c1C(O)CC#N. The average molecular weight is 255 g/mol. The van der Waals surface area contributed by atoms with E-state index in [1.54, 1.807) is 0 Å². The molecule has 98 valence electrons. The Balaban J connectivity index is 2.29. The number of aromatic nitrogens is 2. The van der Waals surface area contributed by atoms with E-state index in [0.717, 1.165) is 22.5 Å². The molecule has 0 amide bonds. The fraction of sp³-hybridized carbons (Fsp3) is 0.333. The average Bonchev–Trinajstić information content (AvgIpc) is 2.66. The van der Waals surface area contributed by atoms with Gasteiger partial charge in [0.1, 0.15) is 0 Å². The normalized spacial score (nSPS) is 12.1. The number of hydrogen-bond acceptors (Lipinski definition) is 3. The minimum atomic E-state index is -0.755. The largest absolute Gasteiger partial charge is 0.387 e. The molecule has 0 saturated heterocycles. The lowest BCUT2D eigenvalue weighted by Gasteiger charge is -2.08. The lowest BCUT2D eigenvalue weighted by molar-refractivity contribution is 0.182. The zero-order valence-corrected chi connectivity index (χ0v) is 11.2. The Kier molecular flexibility index (Phi) is 3.98. The minimum Gasteiger partial charge on any atom is -0.387 e. The van der Waals surface area contributed by atoms with E-state index in [-0.39, 0.29) is 6.42 Å². The Labute approximate surface area is 112 Å². The van der Waals surface area contributed by atoms with E-state index in [4.69, 9.17) is 5.26 Å². The van der Waals surface area contributed by atoms with Crippen molar-refractivity contribution in [3.8, 4) is 6.07 Å². The van der Waals surface area contributed by atoms with E-state index in [2.05, 4.69) is 5.10 Å². The molecule has 0 aliphatic carbocycles. The summed E-state index contributed by atoms with van der Waals surface area (Å²) in [5.74, 6) is 0. The van der Waals surface area contributed by atoms with Gasteiger partial charge in [0, 0.05) is 11.3 Å². The smallest absolute Gasteiger partial charge is 0.0955 e. The summed E-state index contributed by atoms with van der Waals surface area (Å²) >= 11 is 0. The van der Waals surface area contributed by atoms with Gasteiger partial charge in [0.05, 0.1) is 30.8 Å². The lowest BCUT2D eigenvalue weighted by Crippen LogP contribution is -2.05. The van der Waals surface area contributed by atoms with Gasteiger partial charge in [0.15, 0.2) is 0 Å². The van der Waals surface area contributed by atoms with Gasteiger partial charge >= 0.3 is 0 Å². The van der Waals surface area contributed by atoms with Crippen molar-refractivity contribution >= 4 is 0 Å². The summed E-state index contributed by atoms with van der Waals surface area (Å²) < 4.78 is 1.88. The maximum atomic E-state index is 9.99. The van der Waals surface area contributed by atoms with Crippen molar-refractivity contribution in [3.63, 3.8) is 0 Å². The van der Waals surface area contributed by atoms with Crippen LogP contribution in [0, 0.1) is 25.2 Å². The second-order valence-electron chi connectivity index (χ2n) is 4.61. The molecule has 0 saturated carbocycles. The standard InChI is InChI=1S/C15H17N3O/c1-11-15(14(19)8-9-16)12(2)18(17-11)10-13-6-4-3-5-7-13/h3-7,14,19H,8,10H2,1-2H3. The summed E-state index contributed by atoms with van der Waals surface area (Å²) in [7, 11) is 0. The van der Waals surface area contributed by atoms with Gasteiger partial charge < -0.3 is 5.11 Å². The van der Waals surface area contributed by atoms with Crippen LogP contribution in [0.25, 0.3) is 0 Å². The van der Waals surface area contributed by atoms with Crippen LogP contribution < -0.4 is 0 Å². The third-order valence-corrected chi connectivity index (χ3v) is 3.23. The number of rotatable bonds is 4. The minimum absolute atomic E-state index is 0.0959. The molecule has 0 bridgehead atoms. The summed E-state index contributed by atoms with van der Waals surface area (Å²) in [4.78, 5) is 0. The Morgan fingerprint density at radius 3 is 2.63 bits per heavy atom. The van der Waals surface area contributed by atoms with Gasteiger partial charge in [-0.1, -0.05) is 30.3 Å². The maximum absolute atomic E-state index is 9.99. The molecule has 4 heteroatoms. The van der Waals surface area contributed by atoms with Crippen LogP contribution in [0.5, 0.6) is 0 Å². The number of hydrogen-bond donors (Lipinski definition) is 1. The molecule has 0 fully saturated rings. The van der Waals surface area contributed by atoms with Crippen LogP contribution in [0.15, 0.2) is 30.3 Å². The predicted octanol–water partition coefficient (Wildman–Crippen LogP) is 2.50. The van der Waals surface area contributed by atoms with Crippen LogP contribution in [0.1, 0.15) is 35.0 Å². The summed E-state index contributed by atoms with van der Waals surface area (Å²) in [6, 6.07) is 12.0. The summed E-state index contributed by atoms with van der Waals surface area (Å²) in [6.07, 6.45) is -0.659. The number of aliphatic hydroxyl groups excluding tert-OH is 1. The first kappa shape index (κ1) is 13.3. The molecule has 19 heavy (non-hydrogen) atoms. The Morgan fingerprint density at radius 2 is 2.00 bits per heavy atom. The fourth-order valence-corrected chi connectivity index (χ4v) is 2.29. The molecule has 0 aliphatic rings. The van der Waals surface area contributed by atoms with E-state index in [1.807, 2.05) is 54.9 Å². The molecule has 1 unspecified atom stereocenters. The van der Waals surface area contributed by atoms with Crippen LogP contribution in [0.2, 0.25) is 0 Å². The van der Waals surface area contributed by atoms with E-state index in [1.165, 1.54) is 0 Å². The molecule has 1 heterocycles. The lowest BCUT2D eigenvalue weighted by atomic mass is 10.1. The van der Waals surface area contributed by atoms with Crippen molar-refractivity contribution < 1.29 is 5.11 Å². The van der Waals surface area contributed by atoms with Crippen LogP contribution in [0.4, 0.5) is 0 Å². The molecule has 0 radical (unpaired) electrons. The van der Waals surface area contributed by atoms with Gasteiger partial charge in [0.25, 0.3) is 0 Å². The van der Waals surface area contributed by atoms with E-state index < -0.39 is 6.10 Å². The molecule has 1 aromatic carbocycles. The van der Waals surface area contributed by atoms with E-state index in [9.17, 15) is 5.11 Å². The van der Waals surface area contributed by atoms with Crippen molar-refractivity contribution in [2.24, 2.45) is 0 Å². The quantitative estimate of drug-likeness (QED) is 0.913. The first-order valence-corrected chi connectivity index (χ1v) is 6.26. The van der Waals surface area contributed by atoms with Crippen molar-refractivity contribution in [1.29, 1.82) is 5.26 Å². The molecule has 1 aromatic heterocycles. The third-order valence-electron chi connectivity index (χ3n) is 3.23. The first-order valence-electron chi connectivity index (χ1n) is 6.26.